The number of nitrogens with zero attached hydrogens (tertiary/aromatic N) is 2. The average Bonchev–Trinajstić information content (AvgIpc) is 2.77. The number of hydrogen-bond acceptors (Lipinski definition) is 4. The van der Waals surface area contributed by atoms with Crippen molar-refractivity contribution >= 4 is 15.9 Å². The molecule has 0 aliphatic rings. The molecule has 0 spiro atoms. The summed E-state index contributed by atoms with van der Waals surface area (Å²) >= 11 is 3.41. The highest BCUT2D eigenvalue weighted by Gasteiger charge is 2.18. The first-order valence-electron chi connectivity index (χ1n) is 5.43. The van der Waals surface area contributed by atoms with E-state index in [1.807, 2.05) is 38.1 Å². The summed E-state index contributed by atoms with van der Waals surface area (Å²) in [6.45, 7) is 4.04. The molecule has 0 aliphatic heterocycles. The number of rotatable bonds is 3. The van der Waals surface area contributed by atoms with E-state index in [1.165, 1.54) is 0 Å². The molecular formula is C12H14BrN3O. The molecule has 0 saturated heterocycles. The summed E-state index contributed by atoms with van der Waals surface area (Å²) in [6, 6.07) is 7.53. The highest BCUT2D eigenvalue weighted by atomic mass is 79.9. The third-order valence-corrected chi connectivity index (χ3v) is 3.02. The Labute approximate surface area is 108 Å². The summed E-state index contributed by atoms with van der Waals surface area (Å²) in [6.07, 6.45) is 0. The van der Waals surface area contributed by atoms with E-state index < -0.39 is 0 Å². The van der Waals surface area contributed by atoms with E-state index in [4.69, 9.17) is 10.3 Å². The lowest BCUT2D eigenvalue weighted by Gasteiger charge is -2.09. The number of hydrogen-bond donors (Lipinski definition) is 1. The zero-order valence-electron chi connectivity index (χ0n) is 9.72. The fourth-order valence-electron chi connectivity index (χ4n) is 1.40. The van der Waals surface area contributed by atoms with Gasteiger partial charge in [-0.3, -0.25) is 0 Å². The van der Waals surface area contributed by atoms with Crippen LogP contribution in [-0.4, -0.2) is 10.1 Å². The predicted octanol–water partition coefficient (Wildman–Crippen LogP) is 3.15. The molecule has 0 saturated carbocycles. The van der Waals surface area contributed by atoms with Gasteiger partial charge in [-0.05, 0) is 18.1 Å². The maximum Gasteiger partial charge on any atom is 0.244 e. The van der Waals surface area contributed by atoms with Gasteiger partial charge in [0.1, 0.15) is 0 Å². The highest BCUT2D eigenvalue weighted by molar-refractivity contribution is 9.10. The van der Waals surface area contributed by atoms with Crippen molar-refractivity contribution < 1.29 is 4.52 Å². The van der Waals surface area contributed by atoms with Gasteiger partial charge in [0.05, 0.1) is 6.04 Å². The van der Waals surface area contributed by atoms with Crippen LogP contribution in [-0.2, 0) is 0 Å². The van der Waals surface area contributed by atoms with Gasteiger partial charge < -0.3 is 10.3 Å². The summed E-state index contributed by atoms with van der Waals surface area (Å²) < 4.78 is 6.16. The largest absolute Gasteiger partial charge is 0.337 e. The SMILES string of the molecule is CC(C)[C@@H](N)c1nc(-c2cccc(Br)c2)no1. The molecule has 1 aromatic carbocycles. The summed E-state index contributed by atoms with van der Waals surface area (Å²) in [5.41, 5.74) is 6.86. The van der Waals surface area contributed by atoms with Gasteiger partial charge in [0, 0.05) is 10.0 Å². The first-order valence-corrected chi connectivity index (χ1v) is 6.22. The fourth-order valence-corrected chi connectivity index (χ4v) is 1.80. The van der Waals surface area contributed by atoms with Crippen LogP contribution in [0.25, 0.3) is 11.4 Å². The molecule has 0 unspecified atom stereocenters. The van der Waals surface area contributed by atoms with Crippen molar-refractivity contribution in [2.75, 3.05) is 0 Å². The van der Waals surface area contributed by atoms with Crippen LogP contribution >= 0.6 is 15.9 Å². The molecule has 1 aromatic heterocycles. The topological polar surface area (TPSA) is 64.9 Å². The molecule has 17 heavy (non-hydrogen) atoms. The second-order valence-corrected chi connectivity index (χ2v) is 5.15. The van der Waals surface area contributed by atoms with Crippen LogP contribution in [0.3, 0.4) is 0 Å². The van der Waals surface area contributed by atoms with E-state index in [0.717, 1.165) is 10.0 Å². The Morgan fingerprint density at radius 1 is 1.35 bits per heavy atom. The van der Waals surface area contributed by atoms with Gasteiger partial charge in [-0.25, -0.2) is 0 Å². The maximum absolute atomic E-state index is 5.95. The second kappa shape index (κ2) is 4.98. The van der Waals surface area contributed by atoms with Gasteiger partial charge >= 0.3 is 0 Å². The van der Waals surface area contributed by atoms with Gasteiger partial charge in [-0.2, -0.15) is 4.98 Å². The van der Waals surface area contributed by atoms with E-state index >= 15 is 0 Å². The Bertz CT molecular complexity index is 510. The number of aromatic nitrogens is 2. The Kier molecular flexibility index (Phi) is 3.59. The van der Waals surface area contributed by atoms with Crippen molar-refractivity contribution in [2.45, 2.75) is 19.9 Å². The smallest absolute Gasteiger partial charge is 0.244 e. The van der Waals surface area contributed by atoms with Crippen LogP contribution in [0.2, 0.25) is 0 Å². The normalized spacial score (nSPS) is 13.0. The van der Waals surface area contributed by atoms with E-state index in [0.29, 0.717) is 11.7 Å². The van der Waals surface area contributed by atoms with Crippen molar-refractivity contribution in [3.05, 3.63) is 34.6 Å². The third kappa shape index (κ3) is 2.73. The van der Waals surface area contributed by atoms with Gasteiger partial charge in [0.15, 0.2) is 0 Å². The molecule has 4 nitrogen and oxygen atoms in total. The lowest BCUT2D eigenvalue weighted by atomic mass is 10.1. The molecule has 0 amide bonds. The molecule has 0 radical (unpaired) electrons. The molecule has 0 bridgehead atoms. The summed E-state index contributed by atoms with van der Waals surface area (Å²) in [7, 11) is 0. The molecule has 0 fully saturated rings. The van der Waals surface area contributed by atoms with Crippen molar-refractivity contribution in [3.8, 4) is 11.4 Å². The van der Waals surface area contributed by atoms with Crippen LogP contribution in [0.4, 0.5) is 0 Å². The molecule has 1 heterocycles. The van der Waals surface area contributed by atoms with Crippen LogP contribution in [0.15, 0.2) is 33.3 Å². The second-order valence-electron chi connectivity index (χ2n) is 4.24. The van der Waals surface area contributed by atoms with Crippen molar-refractivity contribution in [1.82, 2.24) is 10.1 Å². The van der Waals surface area contributed by atoms with E-state index in [9.17, 15) is 0 Å². The van der Waals surface area contributed by atoms with Gasteiger partial charge in [0.25, 0.3) is 0 Å². The van der Waals surface area contributed by atoms with Crippen LogP contribution in [0, 0.1) is 5.92 Å². The Balaban J connectivity index is 2.30. The predicted molar refractivity (Wildman–Crippen MR) is 69.2 cm³/mol. The van der Waals surface area contributed by atoms with Gasteiger partial charge in [-0.1, -0.05) is 47.1 Å². The minimum absolute atomic E-state index is 0.219. The highest BCUT2D eigenvalue weighted by Crippen LogP contribution is 2.23. The molecule has 0 aliphatic carbocycles. The van der Waals surface area contributed by atoms with Gasteiger partial charge in [0.2, 0.25) is 11.7 Å². The molecule has 5 heteroatoms. The first-order chi connectivity index (χ1) is 8.08. The monoisotopic (exact) mass is 295 g/mol. The number of nitrogens with two attached hydrogens (primary N) is 1. The van der Waals surface area contributed by atoms with Gasteiger partial charge in [-0.15, -0.1) is 0 Å². The lowest BCUT2D eigenvalue weighted by molar-refractivity contribution is 0.325. The minimum atomic E-state index is -0.219. The quantitative estimate of drug-likeness (QED) is 0.945. The first kappa shape index (κ1) is 12.3. The summed E-state index contributed by atoms with van der Waals surface area (Å²) in [5.74, 6) is 1.32. The Morgan fingerprint density at radius 3 is 2.76 bits per heavy atom. The zero-order valence-corrected chi connectivity index (χ0v) is 11.3. The van der Waals surface area contributed by atoms with Crippen molar-refractivity contribution in [1.29, 1.82) is 0 Å². The van der Waals surface area contributed by atoms with Crippen LogP contribution in [0.5, 0.6) is 0 Å². The lowest BCUT2D eigenvalue weighted by Crippen LogP contribution is -2.16. The molecule has 90 valence electrons. The van der Waals surface area contributed by atoms with E-state index in [2.05, 4.69) is 26.1 Å². The van der Waals surface area contributed by atoms with Crippen molar-refractivity contribution in [3.63, 3.8) is 0 Å². The average molecular weight is 296 g/mol. The minimum Gasteiger partial charge on any atom is -0.337 e. The molecule has 2 aromatic rings. The van der Waals surface area contributed by atoms with Crippen LogP contribution in [0.1, 0.15) is 25.8 Å². The van der Waals surface area contributed by atoms with E-state index in [1.54, 1.807) is 0 Å². The number of halogens is 1. The Hall–Kier alpha value is -1.20. The zero-order chi connectivity index (χ0) is 12.4. The summed E-state index contributed by atoms with van der Waals surface area (Å²) in [5, 5.41) is 3.94. The fraction of sp³-hybridized carbons (Fsp3) is 0.333. The molecule has 2 N–H and O–H groups in total. The number of benzene rings is 1. The summed E-state index contributed by atoms with van der Waals surface area (Å²) in [4.78, 5) is 4.32. The van der Waals surface area contributed by atoms with Crippen LogP contribution < -0.4 is 5.73 Å². The van der Waals surface area contributed by atoms with Crippen molar-refractivity contribution in [2.24, 2.45) is 11.7 Å². The third-order valence-electron chi connectivity index (χ3n) is 2.53. The maximum atomic E-state index is 5.95. The molecule has 1 atom stereocenters. The standard InChI is InChI=1S/C12H14BrN3O/c1-7(2)10(14)12-15-11(16-17-12)8-4-3-5-9(13)6-8/h3-7,10H,14H2,1-2H3/t10-/m1/s1. The molecular weight excluding hydrogens is 282 g/mol. The molecule has 2 rings (SSSR count). The Morgan fingerprint density at radius 2 is 2.12 bits per heavy atom. The van der Waals surface area contributed by atoms with E-state index in [-0.39, 0.29) is 12.0 Å².